The molecular formula is C19H13ClN2O3. The number of nitro groups is 1. The van der Waals surface area contributed by atoms with Gasteiger partial charge in [0.05, 0.1) is 4.92 Å². The number of halogens is 1. The van der Waals surface area contributed by atoms with E-state index in [9.17, 15) is 14.9 Å². The number of rotatable bonds is 5. The molecule has 25 heavy (non-hydrogen) atoms. The van der Waals surface area contributed by atoms with Crippen molar-refractivity contribution in [2.24, 2.45) is 0 Å². The summed E-state index contributed by atoms with van der Waals surface area (Å²) in [6.45, 7) is 0. The molecule has 0 unspecified atom stereocenters. The molecule has 0 aliphatic carbocycles. The maximum absolute atomic E-state index is 12.4. The van der Waals surface area contributed by atoms with Crippen molar-refractivity contribution < 1.29 is 9.72 Å². The van der Waals surface area contributed by atoms with Crippen LogP contribution in [0.3, 0.4) is 0 Å². The zero-order valence-electron chi connectivity index (χ0n) is 13.0. The quantitative estimate of drug-likeness (QED) is 0.283. The highest BCUT2D eigenvalue weighted by atomic mass is 35.5. The first kappa shape index (κ1) is 16.7. The van der Waals surface area contributed by atoms with Gasteiger partial charge in [-0.05, 0) is 48.0 Å². The van der Waals surface area contributed by atoms with E-state index in [1.165, 1.54) is 30.4 Å². The molecule has 0 radical (unpaired) electrons. The predicted molar refractivity (Wildman–Crippen MR) is 97.2 cm³/mol. The van der Waals surface area contributed by atoms with Crippen LogP contribution in [0.25, 0.3) is 11.8 Å². The van der Waals surface area contributed by atoms with E-state index in [0.717, 1.165) is 5.69 Å². The van der Waals surface area contributed by atoms with Gasteiger partial charge in [-0.15, -0.1) is 0 Å². The van der Waals surface area contributed by atoms with Gasteiger partial charge in [0.25, 0.3) is 5.69 Å². The Kier molecular flexibility index (Phi) is 4.77. The number of allylic oxidation sites excluding steroid dienone is 1. The van der Waals surface area contributed by atoms with Gasteiger partial charge in [0.1, 0.15) is 0 Å². The van der Waals surface area contributed by atoms with Crippen LogP contribution in [-0.2, 0) is 0 Å². The molecule has 124 valence electrons. The van der Waals surface area contributed by atoms with Gasteiger partial charge in [0, 0.05) is 40.8 Å². The van der Waals surface area contributed by atoms with Crippen LogP contribution in [0.1, 0.15) is 15.9 Å². The predicted octanol–water partition coefficient (Wildman–Crippen LogP) is 4.94. The van der Waals surface area contributed by atoms with Gasteiger partial charge < -0.3 is 4.57 Å². The summed E-state index contributed by atoms with van der Waals surface area (Å²) < 4.78 is 1.90. The number of nitro benzene ring substituents is 1. The van der Waals surface area contributed by atoms with E-state index >= 15 is 0 Å². The Bertz CT molecular complexity index is 963. The number of hydrogen-bond acceptors (Lipinski definition) is 3. The van der Waals surface area contributed by atoms with E-state index in [1.54, 1.807) is 18.2 Å². The van der Waals surface area contributed by atoms with Gasteiger partial charge in [-0.25, -0.2) is 0 Å². The zero-order chi connectivity index (χ0) is 17.8. The average molecular weight is 353 g/mol. The van der Waals surface area contributed by atoms with Gasteiger partial charge in [-0.1, -0.05) is 23.7 Å². The number of nitrogens with zero attached hydrogens (tertiary/aromatic N) is 2. The van der Waals surface area contributed by atoms with Crippen LogP contribution in [0, 0.1) is 10.1 Å². The van der Waals surface area contributed by atoms with Crippen LogP contribution in [-0.4, -0.2) is 15.3 Å². The molecule has 0 saturated carbocycles. The number of carbonyl (C=O) groups excluding carboxylic acids is 1. The fourth-order valence-corrected chi connectivity index (χ4v) is 2.54. The summed E-state index contributed by atoms with van der Waals surface area (Å²) in [5, 5.41) is 11.2. The topological polar surface area (TPSA) is 65.1 Å². The minimum atomic E-state index is -0.504. The Morgan fingerprint density at radius 1 is 1.08 bits per heavy atom. The minimum absolute atomic E-state index is 0.0777. The number of ketones is 1. The van der Waals surface area contributed by atoms with Gasteiger partial charge in [-0.2, -0.15) is 0 Å². The van der Waals surface area contributed by atoms with Crippen LogP contribution in [0.15, 0.2) is 73.1 Å². The van der Waals surface area contributed by atoms with Gasteiger partial charge >= 0.3 is 0 Å². The van der Waals surface area contributed by atoms with Crippen LogP contribution in [0.4, 0.5) is 5.69 Å². The maximum Gasteiger partial charge on any atom is 0.270 e. The number of aromatic nitrogens is 1. The third-order valence-corrected chi connectivity index (χ3v) is 3.98. The Morgan fingerprint density at radius 3 is 2.56 bits per heavy atom. The molecule has 0 aliphatic rings. The summed E-state index contributed by atoms with van der Waals surface area (Å²) >= 11 is 6.03. The van der Waals surface area contributed by atoms with Gasteiger partial charge in [0.15, 0.2) is 5.78 Å². The first-order valence-electron chi connectivity index (χ1n) is 7.44. The summed E-state index contributed by atoms with van der Waals surface area (Å²) in [4.78, 5) is 22.7. The fourth-order valence-electron chi connectivity index (χ4n) is 2.36. The van der Waals surface area contributed by atoms with Gasteiger partial charge in [-0.3, -0.25) is 14.9 Å². The van der Waals surface area contributed by atoms with E-state index in [0.29, 0.717) is 16.1 Å². The minimum Gasteiger partial charge on any atom is -0.324 e. The molecule has 6 heteroatoms. The lowest BCUT2D eigenvalue weighted by Crippen LogP contribution is -1.97. The Balaban J connectivity index is 1.85. The maximum atomic E-state index is 12.4. The number of carbonyl (C=O) groups is 1. The lowest BCUT2D eigenvalue weighted by molar-refractivity contribution is -0.384. The molecule has 1 heterocycles. The second-order valence-corrected chi connectivity index (χ2v) is 5.71. The molecule has 0 saturated heterocycles. The Morgan fingerprint density at radius 2 is 1.84 bits per heavy atom. The van der Waals surface area contributed by atoms with E-state index < -0.39 is 4.92 Å². The normalized spacial score (nSPS) is 10.9. The van der Waals surface area contributed by atoms with Crippen molar-refractivity contribution in [2.45, 2.75) is 0 Å². The third kappa shape index (κ3) is 3.84. The molecular weight excluding hydrogens is 340 g/mol. The highest BCUT2D eigenvalue weighted by Gasteiger charge is 2.09. The second kappa shape index (κ2) is 7.15. The van der Waals surface area contributed by atoms with Crippen LogP contribution in [0.5, 0.6) is 0 Å². The van der Waals surface area contributed by atoms with Crippen molar-refractivity contribution in [1.82, 2.24) is 4.57 Å². The van der Waals surface area contributed by atoms with Crippen molar-refractivity contribution in [2.75, 3.05) is 0 Å². The van der Waals surface area contributed by atoms with Gasteiger partial charge in [0.2, 0.25) is 0 Å². The smallest absolute Gasteiger partial charge is 0.270 e. The van der Waals surface area contributed by atoms with Crippen molar-refractivity contribution in [3.05, 3.63) is 99.3 Å². The van der Waals surface area contributed by atoms with Crippen molar-refractivity contribution in [3.8, 4) is 5.69 Å². The highest BCUT2D eigenvalue weighted by Crippen LogP contribution is 2.23. The first-order valence-corrected chi connectivity index (χ1v) is 7.82. The van der Waals surface area contributed by atoms with Crippen molar-refractivity contribution in [3.63, 3.8) is 0 Å². The summed E-state index contributed by atoms with van der Waals surface area (Å²) in [6.07, 6.45) is 6.63. The number of non-ortho nitro benzene ring substituents is 1. The summed E-state index contributed by atoms with van der Waals surface area (Å²) in [5.74, 6) is -0.212. The van der Waals surface area contributed by atoms with Crippen LogP contribution < -0.4 is 0 Å². The summed E-state index contributed by atoms with van der Waals surface area (Å²) in [6, 6.07) is 15.1. The summed E-state index contributed by atoms with van der Waals surface area (Å²) in [7, 11) is 0. The van der Waals surface area contributed by atoms with E-state index in [1.807, 2.05) is 35.2 Å². The molecule has 0 aliphatic heterocycles. The Hall–Kier alpha value is -3.18. The monoisotopic (exact) mass is 352 g/mol. The molecule has 0 fully saturated rings. The van der Waals surface area contributed by atoms with Crippen molar-refractivity contribution >= 4 is 29.1 Å². The van der Waals surface area contributed by atoms with E-state index in [4.69, 9.17) is 11.6 Å². The molecule has 0 atom stereocenters. The SMILES string of the molecule is O=C(/C=C/c1cc([N+](=O)[O-])ccc1Cl)c1cccc(-n2cccc2)c1. The molecule has 5 nitrogen and oxygen atoms in total. The molecule has 1 aromatic heterocycles. The average Bonchev–Trinajstić information content (AvgIpc) is 3.15. The lowest BCUT2D eigenvalue weighted by atomic mass is 10.1. The second-order valence-electron chi connectivity index (χ2n) is 5.30. The molecule has 0 amide bonds. The Labute approximate surface area is 148 Å². The molecule has 0 N–H and O–H groups in total. The zero-order valence-corrected chi connectivity index (χ0v) is 13.8. The summed E-state index contributed by atoms with van der Waals surface area (Å²) in [5.41, 5.74) is 1.73. The largest absolute Gasteiger partial charge is 0.324 e. The highest BCUT2D eigenvalue weighted by molar-refractivity contribution is 6.32. The standard InChI is InChI=1S/C19H13ClN2O3/c20-18-8-7-17(22(24)25)12-14(18)6-9-19(23)15-4-3-5-16(13-15)21-10-1-2-11-21/h1-13H/b9-6+. The molecule has 0 spiro atoms. The third-order valence-electron chi connectivity index (χ3n) is 3.64. The van der Waals surface area contributed by atoms with Crippen LogP contribution >= 0.6 is 11.6 Å². The lowest BCUT2D eigenvalue weighted by Gasteiger charge is -2.04. The number of hydrogen-bond donors (Lipinski definition) is 0. The van der Waals surface area contributed by atoms with E-state index in [-0.39, 0.29) is 11.5 Å². The molecule has 0 bridgehead atoms. The first-order chi connectivity index (χ1) is 12.0. The van der Waals surface area contributed by atoms with Crippen LogP contribution in [0.2, 0.25) is 5.02 Å². The van der Waals surface area contributed by atoms with E-state index in [2.05, 4.69) is 0 Å². The fraction of sp³-hybridized carbons (Fsp3) is 0. The number of benzene rings is 2. The molecule has 3 aromatic rings. The van der Waals surface area contributed by atoms with Crippen molar-refractivity contribution in [1.29, 1.82) is 0 Å². The molecule has 2 aromatic carbocycles. The molecule has 3 rings (SSSR count).